The summed E-state index contributed by atoms with van der Waals surface area (Å²) in [4.78, 5) is 3.66. The molecule has 3 nitrogen and oxygen atoms in total. The molecule has 1 aromatic heterocycles. The normalized spacial score (nSPS) is 12.4. The van der Waals surface area contributed by atoms with Gasteiger partial charge in [-0.25, -0.2) is 14.2 Å². The van der Waals surface area contributed by atoms with Crippen molar-refractivity contribution in [3.05, 3.63) is 63.9 Å². The molecule has 1 aromatic carbocycles. The van der Waals surface area contributed by atoms with Crippen LogP contribution < -0.4 is 11.3 Å². The van der Waals surface area contributed by atoms with Crippen molar-refractivity contribution in [1.29, 1.82) is 0 Å². The molecule has 18 heavy (non-hydrogen) atoms. The molecule has 0 spiro atoms. The number of nitrogens with one attached hydrogen (secondary N) is 1. The highest BCUT2D eigenvalue weighted by atomic mass is 79.9. The van der Waals surface area contributed by atoms with E-state index in [1.165, 1.54) is 18.3 Å². The molecule has 0 saturated heterocycles. The van der Waals surface area contributed by atoms with Crippen molar-refractivity contribution >= 4 is 15.9 Å². The molecule has 2 aromatic rings. The molecule has 0 amide bonds. The summed E-state index contributed by atoms with van der Waals surface area (Å²) in [7, 11) is 0. The van der Waals surface area contributed by atoms with E-state index in [1.54, 1.807) is 12.1 Å². The van der Waals surface area contributed by atoms with Crippen LogP contribution in [0.4, 0.5) is 8.78 Å². The Labute approximate surface area is 111 Å². The summed E-state index contributed by atoms with van der Waals surface area (Å²) in [5, 5.41) is 0. The van der Waals surface area contributed by atoms with E-state index in [0.29, 0.717) is 15.6 Å². The molecule has 0 saturated carbocycles. The highest BCUT2D eigenvalue weighted by Crippen LogP contribution is 2.26. The zero-order valence-corrected chi connectivity index (χ0v) is 10.8. The number of hydrogen-bond acceptors (Lipinski definition) is 3. The van der Waals surface area contributed by atoms with Gasteiger partial charge in [0.25, 0.3) is 0 Å². The van der Waals surface area contributed by atoms with Crippen LogP contribution in [0, 0.1) is 11.6 Å². The van der Waals surface area contributed by atoms with E-state index in [-0.39, 0.29) is 0 Å². The van der Waals surface area contributed by atoms with Gasteiger partial charge in [-0.05, 0) is 39.7 Å². The van der Waals surface area contributed by atoms with Crippen LogP contribution in [-0.2, 0) is 0 Å². The monoisotopic (exact) mass is 313 g/mol. The van der Waals surface area contributed by atoms with Gasteiger partial charge in [0.1, 0.15) is 11.6 Å². The smallest absolute Gasteiger partial charge is 0.146 e. The number of pyridine rings is 1. The lowest BCUT2D eigenvalue weighted by molar-refractivity contribution is 0.551. The van der Waals surface area contributed by atoms with E-state index < -0.39 is 17.7 Å². The number of rotatable bonds is 3. The standard InChI is InChI=1S/C12H10BrF2N3/c13-9-2-1-7(5-10(9)14)12(18-16)8-3-4-17-6-11(8)15/h1-6,12,18H,16H2. The molecular weight excluding hydrogens is 304 g/mol. The molecule has 1 unspecified atom stereocenters. The lowest BCUT2D eigenvalue weighted by Crippen LogP contribution is -2.29. The van der Waals surface area contributed by atoms with E-state index >= 15 is 0 Å². The highest BCUT2D eigenvalue weighted by Gasteiger charge is 2.17. The summed E-state index contributed by atoms with van der Waals surface area (Å²) in [6, 6.07) is 5.38. The zero-order chi connectivity index (χ0) is 13.1. The molecule has 0 fully saturated rings. The van der Waals surface area contributed by atoms with Crippen molar-refractivity contribution in [1.82, 2.24) is 10.4 Å². The molecule has 0 aliphatic heterocycles. The molecule has 6 heteroatoms. The van der Waals surface area contributed by atoms with Crippen LogP contribution in [0.5, 0.6) is 0 Å². The molecule has 2 rings (SSSR count). The fourth-order valence-corrected chi connectivity index (χ4v) is 1.92. The third-order valence-electron chi connectivity index (χ3n) is 2.56. The largest absolute Gasteiger partial charge is 0.271 e. The van der Waals surface area contributed by atoms with E-state index in [9.17, 15) is 8.78 Å². The van der Waals surface area contributed by atoms with Gasteiger partial charge in [0.15, 0.2) is 0 Å². The van der Waals surface area contributed by atoms with E-state index in [1.807, 2.05) is 0 Å². The second kappa shape index (κ2) is 5.51. The average Bonchev–Trinajstić information content (AvgIpc) is 2.37. The van der Waals surface area contributed by atoms with Crippen molar-refractivity contribution in [3.8, 4) is 0 Å². The number of halogens is 3. The minimum Gasteiger partial charge on any atom is -0.271 e. The quantitative estimate of drug-likeness (QED) is 0.676. The Morgan fingerprint density at radius 2 is 2.00 bits per heavy atom. The van der Waals surface area contributed by atoms with E-state index in [0.717, 1.165) is 6.20 Å². The molecule has 3 N–H and O–H groups in total. The molecule has 1 heterocycles. The summed E-state index contributed by atoms with van der Waals surface area (Å²) >= 11 is 3.06. The minimum atomic E-state index is -0.629. The van der Waals surface area contributed by atoms with Gasteiger partial charge in [0, 0.05) is 11.8 Å². The second-order valence-corrected chi connectivity index (χ2v) is 4.52. The van der Waals surface area contributed by atoms with Gasteiger partial charge in [-0.1, -0.05) is 6.07 Å². The van der Waals surface area contributed by atoms with Gasteiger partial charge in [-0.15, -0.1) is 0 Å². The fraction of sp³-hybridized carbons (Fsp3) is 0.0833. The topological polar surface area (TPSA) is 50.9 Å². The van der Waals surface area contributed by atoms with Crippen LogP contribution in [0.1, 0.15) is 17.2 Å². The molecule has 0 aliphatic rings. The molecular formula is C12H10BrF2N3. The Morgan fingerprint density at radius 1 is 1.22 bits per heavy atom. The molecule has 0 aliphatic carbocycles. The third-order valence-corrected chi connectivity index (χ3v) is 3.20. The van der Waals surface area contributed by atoms with Gasteiger partial charge < -0.3 is 0 Å². The van der Waals surface area contributed by atoms with Crippen LogP contribution in [0.25, 0.3) is 0 Å². The maximum Gasteiger partial charge on any atom is 0.146 e. The first-order chi connectivity index (χ1) is 8.63. The van der Waals surface area contributed by atoms with E-state index in [4.69, 9.17) is 5.84 Å². The van der Waals surface area contributed by atoms with Crippen LogP contribution >= 0.6 is 15.9 Å². The Hall–Kier alpha value is -1.37. The average molecular weight is 314 g/mol. The summed E-state index contributed by atoms with van der Waals surface area (Å²) in [5.74, 6) is 4.50. The number of nitrogens with two attached hydrogens (primary N) is 1. The van der Waals surface area contributed by atoms with Gasteiger partial charge >= 0.3 is 0 Å². The number of nitrogens with zero attached hydrogens (tertiary/aromatic N) is 1. The number of benzene rings is 1. The van der Waals surface area contributed by atoms with Gasteiger partial charge in [-0.3, -0.25) is 10.8 Å². The first kappa shape index (κ1) is 13.1. The molecule has 94 valence electrons. The van der Waals surface area contributed by atoms with Crippen LogP contribution in [0.2, 0.25) is 0 Å². The minimum absolute atomic E-state index is 0.314. The van der Waals surface area contributed by atoms with Crippen molar-refractivity contribution in [2.45, 2.75) is 6.04 Å². The first-order valence-electron chi connectivity index (χ1n) is 5.14. The van der Waals surface area contributed by atoms with Crippen LogP contribution in [0.15, 0.2) is 41.1 Å². The number of aromatic nitrogens is 1. The Morgan fingerprint density at radius 3 is 2.61 bits per heavy atom. The predicted octanol–water partition coefficient (Wildman–Crippen LogP) is 2.68. The van der Waals surface area contributed by atoms with Crippen molar-refractivity contribution in [2.24, 2.45) is 5.84 Å². The van der Waals surface area contributed by atoms with Gasteiger partial charge in [0.2, 0.25) is 0 Å². The highest BCUT2D eigenvalue weighted by molar-refractivity contribution is 9.10. The zero-order valence-electron chi connectivity index (χ0n) is 9.20. The SMILES string of the molecule is NNC(c1ccc(Br)c(F)c1)c1ccncc1F. The maximum atomic E-state index is 13.6. The summed E-state index contributed by atoms with van der Waals surface area (Å²) in [5.41, 5.74) is 3.32. The Kier molecular flexibility index (Phi) is 4.00. The first-order valence-corrected chi connectivity index (χ1v) is 5.93. The third kappa shape index (κ3) is 2.55. The maximum absolute atomic E-state index is 13.6. The Balaban J connectivity index is 2.45. The summed E-state index contributed by atoms with van der Waals surface area (Å²) < 4.78 is 27.4. The predicted molar refractivity (Wildman–Crippen MR) is 67.5 cm³/mol. The number of hydrazine groups is 1. The van der Waals surface area contributed by atoms with E-state index in [2.05, 4.69) is 26.3 Å². The van der Waals surface area contributed by atoms with Gasteiger partial charge in [-0.2, -0.15) is 0 Å². The van der Waals surface area contributed by atoms with Crippen LogP contribution in [0.3, 0.4) is 0 Å². The second-order valence-electron chi connectivity index (χ2n) is 3.67. The Bertz CT molecular complexity index is 563. The summed E-state index contributed by atoms with van der Waals surface area (Å²) in [6.45, 7) is 0. The summed E-state index contributed by atoms with van der Waals surface area (Å²) in [6.07, 6.45) is 2.55. The fourth-order valence-electron chi connectivity index (χ4n) is 1.68. The van der Waals surface area contributed by atoms with Crippen molar-refractivity contribution in [3.63, 3.8) is 0 Å². The molecule has 0 radical (unpaired) electrons. The van der Waals surface area contributed by atoms with Crippen LogP contribution in [-0.4, -0.2) is 4.98 Å². The molecule has 1 atom stereocenters. The molecule has 0 bridgehead atoms. The van der Waals surface area contributed by atoms with Crippen molar-refractivity contribution in [2.75, 3.05) is 0 Å². The van der Waals surface area contributed by atoms with Crippen molar-refractivity contribution < 1.29 is 8.78 Å². The van der Waals surface area contributed by atoms with Gasteiger partial charge in [0.05, 0.1) is 16.7 Å². The number of hydrogen-bond donors (Lipinski definition) is 2. The lowest BCUT2D eigenvalue weighted by atomic mass is 10.00. The lowest BCUT2D eigenvalue weighted by Gasteiger charge is -2.17.